The zero-order chi connectivity index (χ0) is 16.5. The number of para-hydroxylation sites is 1. The number of rotatable bonds is 4. The maximum Gasteiger partial charge on any atom is 0.274 e. The van der Waals surface area contributed by atoms with Gasteiger partial charge in [-0.2, -0.15) is 9.78 Å². The van der Waals surface area contributed by atoms with Crippen molar-refractivity contribution in [3.8, 4) is 5.69 Å². The molecule has 0 bridgehead atoms. The Morgan fingerprint density at radius 3 is 2.29 bits per heavy atom. The normalized spacial score (nSPS) is 17.8. The fourth-order valence-corrected chi connectivity index (χ4v) is 3.58. The summed E-state index contributed by atoms with van der Waals surface area (Å²) in [5, 5.41) is 4.36. The number of hydrogen-bond acceptors (Lipinski definition) is 3. The molecule has 0 unspecified atom stereocenters. The Balaban J connectivity index is 1.68. The van der Waals surface area contributed by atoms with Gasteiger partial charge < -0.3 is 4.90 Å². The minimum atomic E-state index is -0.225. The van der Waals surface area contributed by atoms with Crippen LogP contribution in [0.25, 0.3) is 5.69 Å². The molecule has 5 heteroatoms. The van der Waals surface area contributed by atoms with Gasteiger partial charge in [0.1, 0.15) is 5.69 Å². The van der Waals surface area contributed by atoms with Gasteiger partial charge in [-0.05, 0) is 43.9 Å². The molecule has 24 heavy (non-hydrogen) atoms. The molecule has 1 aromatic carbocycles. The van der Waals surface area contributed by atoms with Gasteiger partial charge in [-0.1, -0.05) is 31.0 Å². The smallest absolute Gasteiger partial charge is 0.274 e. The van der Waals surface area contributed by atoms with E-state index >= 15 is 0 Å². The zero-order valence-corrected chi connectivity index (χ0v) is 13.6. The van der Waals surface area contributed by atoms with Crippen LogP contribution in [0.4, 0.5) is 0 Å². The molecular weight excluding hydrogens is 302 g/mol. The molecule has 1 heterocycles. The van der Waals surface area contributed by atoms with Crippen molar-refractivity contribution in [1.29, 1.82) is 0 Å². The minimum absolute atomic E-state index is 0.0333. The number of amides is 1. The van der Waals surface area contributed by atoms with Crippen LogP contribution >= 0.6 is 0 Å². The Bertz CT molecular complexity index is 790. The molecule has 2 aliphatic rings. The molecule has 0 saturated heterocycles. The summed E-state index contributed by atoms with van der Waals surface area (Å²) in [7, 11) is 0. The van der Waals surface area contributed by atoms with Crippen LogP contribution < -0.4 is 5.56 Å². The highest BCUT2D eigenvalue weighted by Crippen LogP contribution is 2.35. The second kappa shape index (κ2) is 6.23. The summed E-state index contributed by atoms with van der Waals surface area (Å²) in [6.07, 6.45) is 6.72. The van der Waals surface area contributed by atoms with Crippen molar-refractivity contribution < 1.29 is 4.79 Å². The largest absolute Gasteiger partial charge is 0.331 e. The van der Waals surface area contributed by atoms with Gasteiger partial charge in [-0.15, -0.1) is 0 Å². The lowest BCUT2D eigenvalue weighted by molar-refractivity contribution is 0.0656. The summed E-state index contributed by atoms with van der Waals surface area (Å²) in [6.45, 7) is 0. The molecule has 5 nitrogen and oxygen atoms in total. The summed E-state index contributed by atoms with van der Waals surface area (Å²) in [4.78, 5) is 27.2. The first-order chi connectivity index (χ1) is 11.7. The number of benzene rings is 1. The van der Waals surface area contributed by atoms with Crippen LogP contribution in [0.3, 0.4) is 0 Å². The van der Waals surface area contributed by atoms with Gasteiger partial charge in [0.25, 0.3) is 11.5 Å². The van der Waals surface area contributed by atoms with E-state index in [4.69, 9.17) is 0 Å². The SMILES string of the molecule is O=C(c1ccc(=O)n(-c2ccccc2)n1)N(C1CCCC1)C1CC1. The predicted molar refractivity (Wildman–Crippen MR) is 91.3 cm³/mol. The number of carbonyl (C=O) groups excluding carboxylic acids is 1. The van der Waals surface area contributed by atoms with Gasteiger partial charge in [-0.3, -0.25) is 9.59 Å². The Kier molecular flexibility index (Phi) is 3.92. The predicted octanol–water partition coefficient (Wildman–Crippen LogP) is 2.78. The first-order valence-electron chi connectivity index (χ1n) is 8.72. The van der Waals surface area contributed by atoms with Crippen molar-refractivity contribution in [3.63, 3.8) is 0 Å². The summed E-state index contributed by atoms with van der Waals surface area (Å²) < 4.78 is 1.31. The summed E-state index contributed by atoms with van der Waals surface area (Å²) in [6, 6.07) is 12.9. The lowest BCUT2D eigenvalue weighted by Gasteiger charge is -2.28. The third-order valence-corrected chi connectivity index (χ3v) is 4.91. The van der Waals surface area contributed by atoms with Gasteiger partial charge in [0, 0.05) is 18.2 Å². The van der Waals surface area contributed by atoms with E-state index in [0.29, 0.717) is 23.5 Å². The molecule has 0 N–H and O–H groups in total. The van der Waals surface area contributed by atoms with Crippen molar-refractivity contribution >= 4 is 5.91 Å². The van der Waals surface area contributed by atoms with Crippen LogP contribution in [0.1, 0.15) is 49.0 Å². The second-order valence-corrected chi connectivity index (χ2v) is 6.69. The van der Waals surface area contributed by atoms with E-state index in [2.05, 4.69) is 5.10 Å². The molecule has 0 aliphatic heterocycles. The lowest BCUT2D eigenvalue weighted by Crippen LogP contribution is -2.41. The first kappa shape index (κ1) is 15.1. The lowest BCUT2D eigenvalue weighted by atomic mass is 10.2. The number of nitrogens with zero attached hydrogens (tertiary/aromatic N) is 3. The van der Waals surface area contributed by atoms with Crippen molar-refractivity contribution in [3.05, 3.63) is 58.5 Å². The average Bonchev–Trinajstić information content (AvgIpc) is 3.30. The third-order valence-electron chi connectivity index (χ3n) is 4.91. The highest BCUT2D eigenvalue weighted by atomic mass is 16.2. The van der Waals surface area contributed by atoms with Gasteiger partial charge in [0.15, 0.2) is 0 Å². The first-order valence-corrected chi connectivity index (χ1v) is 8.72. The quantitative estimate of drug-likeness (QED) is 0.869. The van der Waals surface area contributed by atoms with Crippen LogP contribution in [-0.4, -0.2) is 32.7 Å². The van der Waals surface area contributed by atoms with Gasteiger partial charge >= 0.3 is 0 Å². The highest BCUT2D eigenvalue weighted by molar-refractivity contribution is 5.92. The fraction of sp³-hybridized carbons (Fsp3) is 0.421. The van der Waals surface area contributed by atoms with Gasteiger partial charge in [0.2, 0.25) is 0 Å². The Morgan fingerprint density at radius 2 is 1.62 bits per heavy atom. The molecule has 124 valence electrons. The molecule has 0 radical (unpaired) electrons. The van der Waals surface area contributed by atoms with Crippen molar-refractivity contribution in [1.82, 2.24) is 14.7 Å². The molecule has 0 atom stereocenters. The van der Waals surface area contributed by atoms with E-state index in [1.807, 2.05) is 35.2 Å². The minimum Gasteiger partial charge on any atom is -0.331 e. The number of hydrogen-bond donors (Lipinski definition) is 0. The molecule has 1 amide bonds. The second-order valence-electron chi connectivity index (χ2n) is 6.69. The van der Waals surface area contributed by atoms with E-state index in [9.17, 15) is 9.59 Å². The summed E-state index contributed by atoms with van der Waals surface area (Å²) >= 11 is 0. The average molecular weight is 323 g/mol. The zero-order valence-electron chi connectivity index (χ0n) is 13.6. The van der Waals surface area contributed by atoms with E-state index in [1.165, 1.54) is 23.6 Å². The fourth-order valence-electron chi connectivity index (χ4n) is 3.58. The highest BCUT2D eigenvalue weighted by Gasteiger charge is 2.39. The maximum atomic E-state index is 13.1. The molecule has 2 aliphatic carbocycles. The van der Waals surface area contributed by atoms with Crippen molar-refractivity contribution in [2.24, 2.45) is 0 Å². The summed E-state index contributed by atoms with van der Waals surface area (Å²) in [5.74, 6) is -0.0333. The van der Waals surface area contributed by atoms with Crippen molar-refractivity contribution in [2.45, 2.75) is 50.6 Å². The Hall–Kier alpha value is -2.43. The van der Waals surface area contributed by atoms with E-state index < -0.39 is 0 Å². The Morgan fingerprint density at radius 1 is 0.958 bits per heavy atom. The molecule has 2 saturated carbocycles. The van der Waals surface area contributed by atoms with Gasteiger partial charge in [0.05, 0.1) is 5.69 Å². The van der Waals surface area contributed by atoms with Crippen LogP contribution in [0, 0.1) is 0 Å². The number of aromatic nitrogens is 2. The topological polar surface area (TPSA) is 55.2 Å². The van der Waals surface area contributed by atoms with Crippen LogP contribution in [0.15, 0.2) is 47.3 Å². The molecule has 0 spiro atoms. The monoisotopic (exact) mass is 323 g/mol. The standard InChI is InChI=1S/C19H21N3O2/c23-18-13-12-17(20-22(18)16-8-2-1-3-9-16)19(24)21(15-10-11-15)14-6-4-5-7-14/h1-3,8-9,12-15H,4-7,10-11H2. The summed E-state index contributed by atoms with van der Waals surface area (Å²) in [5.41, 5.74) is 0.810. The Labute approximate surface area is 140 Å². The maximum absolute atomic E-state index is 13.1. The van der Waals surface area contributed by atoms with Crippen LogP contribution in [-0.2, 0) is 0 Å². The molecule has 2 fully saturated rings. The van der Waals surface area contributed by atoms with E-state index in [1.54, 1.807) is 6.07 Å². The van der Waals surface area contributed by atoms with E-state index in [-0.39, 0.29) is 11.5 Å². The molecule has 2 aromatic rings. The molecule has 4 rings (SSSR count). The molecule has 1 aromatic heterocycles. The van der Waals surface area contributed by atoms with Crippen LogP contribution in [0.5, 0.6) is 0 Å². The molecular formula is C19H21N3O2. The third kappa shape index (κ3) is 2.86. The van der Waals surface area contributed by atoms with Crippen LogP contribution in [0.2, 0.25) is 0 Å². The van der Waals surface area contributed by atoms with E-state index in [0.717, 1.165) is 25.7 Å². The van der Waals surface area contributed by atoms with Crippen molar-refractivity contribution in [2.75, 3.05) is 0 Å². The number of carbonyl (C=O) groups is 1. The van der Waals surface area contributed by atoms with Gasteiger partial charge in [-0.25, -0.2) is 0 Å².